The van der Waals surface area contributed by atoms with Gasteiger partial charge in [0.25, 0.3) is 0 Å². The van der Waals surface area contributed by atoms with E-state index in [1.807, 2.05) is 18.0 Å². The lowest BCUT2D eigenvalue weighted by Gasteiger charge is -2.19. The number of likely N-dealkylation sites (N-methyl/N-ethyl adjacent to an activating group) is 1. The van der Waals surface area contributed by atoms with Crippen molar-refractivity contribution in [2.24, 2.45) is 0 Å². The van der Waals surface area contributed by atoms with E-state index in [0.29, 0.717) is 18.2 Å². The molecule has 1 aliphatic carbocycles. The fraction of sp³-hybridized carbons (Fsp3) is 0.385. The zero-order valence-corrected chi connectivity index (χ0v) is 11.7. The van der Waals surface area contributed by atoms with Gasteiger partial charge in [-0.05, 0) is 31.0 Å². The number of nitriles is 1. The number of amides is 1. The molecule has 0 heterocycles. The molecule has 2 rings (SSSR count). The summed E-state index contributed by atoms with van der Waals surface area (Å²) in [5, 5.41) is 11.8. The monoisotopic (exact) mass is 307 g/mol. The zero-order chi connectivity index (χ0) is 13.1. The fourth-order valence-corrected chi connectivity index (χ4v) is 2.15. The lowest BCUT2D eigenvalue weighted by atomic mass is 10.2. The standard InChI is InChI=1S/C13H14BrN3O/c1-17(8-13(18)16-11-2-3-11)12-5-9(7-15)4-10(14)6-12/h4-6,11H,2-3,8H2,1H3,(H,16,18). The summed E-state index contributed by atoms with van der Waals surface area (Å²) in [6, 6.07) is 7.90. The van der Waals surface area contributed by atoms with E-state index in [-0.39, 0.29) is 5.91 Å². The normalized spacial score (nSPS) is 13.8. The summed E-state index contributed by atoms with van der Waals surface area (Å²) in [6.07, 6.45) is 2.18. The van der Waals surface area contributed by atoms with E-state index in [1.165, 1.54) is 0 Å². The van der Waals surface area contributed by atoms with Gasteiger partial charge in [-0.15, -0.1) is 0 Å². The summed E-state index contributed by atoms with van der Waals surface area (Å²) in [6.45, 7) is 0.303. The number of carbonyl (C=O) groups excluding carboxylic acids is 1. The number of nitrogens with one attached hydrogen (secondary N) is 1. The number of benzene rings is 1. The van der Waals surface area contributed by atoms with Crippen LogP contribution in [0.15, 0.2) is 22.7 Å². The minimum Gasteiger partial charge on any atom is -0.365 e. The van der Waals surface area contributed by atoms with Crippen LogP contribution < -0.4 is 10.2 Å². The highest BCUT2D eigenvalue weighted by Gasteiger charge is 2.23. The van der Waals surface area contributed by atoms with Crippen LogP contribution in [0.5, 0.6) is 0 Å². The Balaban J connectivity index is 2.03. The summed E-state index contributed by atoms with van der Waals surface area (Å²) < 4.78 is 0.839. The molecule has 1 aromatic rings. The van der Waals surface area contributed by atoms with Crippen molar-refractivity contribution in [2.45, 2.75) is 18.9 Å². The highest BCUT2D eigenvalue weighted by molar-refractivity contribution is 9.10. The third-order valence-electron chi connectivity index (χ3n) is 2.78. The SMILES string of the molecule is CN(CC(=O)NC1CC1)c1cc(Br)cc(C#N)c1. The van der Waals surface area contributed by atoms with Crippen LogP contribution in [-0.2, 0) is 4.79 Å². The smallest absolute Gasteiger partial charge is 0.239 e. The Labute approximate surface area is 115 Å². The van der Waals surface area contributed by atoms with Gasteiger partial charge < -0.3 is 10.2 Å². The van der Waals surface area contributed by atoms with E-state index in [0.717, 1.165) is 23.0 Å². The molecule has 1 saturated carbocycles. The molecule has 0 spiro atoms. The summed E-state index contributed by atoms with van der Waals surface area (Å²) in [4.78, 5) is 13.5. The predicted octanol–water partition coefficient (Wildman–Crippen LogP) is 2.04. The Kier molecular flexibility index (Phi) is 3.87. The average molecular weight is 308 g/mol. The maximum atomic E-state index is 11.7. The molecule has 18 heavy (non-hydrogen) atoms. The first kappa shape index (κ1) is 12.9. The number of hydrogen-bond acceptors (Lipinski definition) is 3. The Bertz CT molecular complexity index is 505. The van der Waals surface area contributed by atoms with Crippen molar-refractivity contribution in [1.29, 1.82) is 5.26 Å². The molecular weight excluding hydrogens is 294 g/mol. The second kappa shape index (κ2) is 5.40. The molecule has 1 aromatic carbocycles. The minimum absolute atomic E-state index is 0.0264. The van der Waals surface area contributed by atoms with Crippen LogP contribution in [0.3, 0.4) is 0 Å². The van der Waals surface area contributed by atoms with E-state index in [2.05, 4.69) is 27.3 Å². The molecule has 0 bridgehead atoms. The summed E-state index contributed by atoms with van der Waals surface area (Å²) in [5.74, 6) is 0.0264. The Morgan fingerprint density at radius 3 is 2.89 bits per heavy atom. The number of carbonyl (C=O) groups is 1. The predicted molar refractivity (Wildman–Crippen MR) is 73.3 cm³/mol. The minimum atomic E-state index is 0.0264. The van der Waals surface area contributed by atoms with Gasteiger partial charge in [-0.25, -0.2) is 0 Å². The quantitative estimate of drug-likeness (QED) is 0.926. The van der Waals surface area contributed by atoms with Gasteiger partial charge in [-0.1, -0.05) is 15.9 Å². The van der Waals surface area contributed by atoms with Gasteiger partial charge in [-0.2, -0.15) is 5.26 Å². The van der Waals surface area contributed by atoms with Crippen LogP contribution in [0.2, 0.25) is 0 Å². The highest BCUT2D eigenvalue weighted by atomic mass is 79.9. The molecule has 1 amide bonds. The number of rotatable bonds is 4. The van der Waals surface area contributed by atoms with Crippen molar-refractivity contribution in [2.75, 3.05) is 18.5 Å². The van der Waals surface area contributed by atoms with Gasteiger partial charge >= 0.3 is 0 Å². The van der Waals surface area contributed by atoms with Gasteiger partial charge in [0.1, 0.15) is 0 Å². The molecule has 1 aliphatic rings. The maximum Gasteiger partial charge on any atom is 0.239 e. The molecule has 0 aromatic heterocycles. The third kappa shape index (κ3) is 3.47. The second-order valence-corrected chi connectivity index (χ2v) is 5.42. The molecule has 0 saturated heterocycles. The lowest BCUT2D eigenvalue weighted by molar-refractivity contribution is -0.119. The Hall–Kier alpha value is -1.54. The highest BCUT2D eigenvalue weighted by Crippen LogP contribution is 2.22. The first-order valence-electron chi connectivity index (χ1n) is 5.79. The lowest BCUT2D eigenvalue weighted by Crippen LogP contribution is -2.36. The molecule has 4 nitrogen and oxygen atoms in total. The maximum absolute atomic E-state index is 11.7. The molecule has 94 valence electrons. The van der Waals surface area contributed by atoms with E-state index >= 15 is 0 Å². The number of halogens is 1. The zero-order valence-electron chi connectivity index (χ0n) is 10.1. The van der Waals surface area contributed by atoms with E-state index in [1.54, 1.807) is 12.1 Å². The Morgan fingerprint density at radius 1 is 1.56 bits per heavy atom. The topological polar surface area (TPSA) is 56.1 Å². The molecule has 0 radical (unpaired) electrons. The van der Waals surface area contributed by atoms with Gasteiger partial charge in [0, 0.05) is 23.2 Å². The van der Waals surface area contributed by atoms with Crippen molar-refractivity contribution in [1.82, 2.24) is 5.32 Å². The van der Waals surface area contributed by atoms with Crippen LogP contribution in [-0.4, -0.2) is 25.5 Å². The molecular formula is C13H14BrN3O. The van der Waals surface area contributed by atoms with Crippen LogP contribution in [0.4, 0.5) is 5.69 Å². The first-order valence-corrected chi connectivity index (χ1v) is 6.59. The van der Waals surface area contributed by atoms with Crippen molar-refractivity contribution in [3.8, 4) is 6.07 Å². The van der Waals surface area contributed by atoms with Gasteiger partial charge in [-0.3, -0.25) is 4.79 Å². The van der Waals surface area contributed by atoms with Gasteiger partial charge in [0.15, 0.2) is 0 Å². The fourth-order valence-electron chi connectivity index (χ4n) is 1.67. The molecule has 5 heteroatoms. The van der Waals surface area contributed by atoms with E-state index in [4.69, 9.17) is 5.26 Å². The molecule has 0 aliphatic heterocycles. The molecule has 0 atom stereocenters. The van der Waals surface area contributed by atoms with E-state index < -0.39 is 0 Å². The molecule has 0 unspecified atom stereocenters. The first-order chi connectivity index (χ1) is 8.58. The summed E-state index contributed by atoms with van der Waals surface area (Å²) >= 11 is 3.36. The average Bonchev–Trinajstić information content (AvgIpc) is 3.11. The van der Waals surface area contributed by atoms with Crippen molar-refractivity contribution >= 4 is 27.5 Å². The number of anilines is 1. The van der Waals surface area contributed by atoms with Gasteiger partial charge in [0.2, 0.25) is 5.91 Å². The van der Waals surface area contributed by atoms with Crippen molar-refractivity contribution in [3.05, 3.63) is 28.2 Å². The second-order valence-electron chi connectivity index (χ2n) is 4.51. The largest absolute Gasteiger partial charge is 0.365 e. The van der Waals surface area contributed by atoms with Crippen molar-refractivity contribution < 1.29 is 4.79 Å². The number of nitrogens with zero attached hydrogens (tertiary/aromatic N) is 2. The van der Waals surface area contributed by atoms with Crippen LogP contribution in [0.25, 0.3) is 0 Å². The third-order valence-corrected chi connectivity index (χ3v) is 3.23. The van der Waals surface area contributed by atoms with Crippen LogP contribution >= 0.6 is 15.9 Å². The van der Waals surface area contributed by atoms with Crippen LogP contribution in [0.1, 0.15) is 18.4 Å². The molecule has 1 N–H and O–H groups in total. The number of hydrogen-bond donors (Lipinski definition) is 1. The van der Waals surface area contributed by atoms with Crippen molar-refractivity contribution in [3.63, 3.8) is 0 Å². The summed E-state index contributed by atoms with van der Waals surface area (Å²) in [7, 11) is 1.84. The van der Waals surface area contributed by atoms with E-state index in [9.17, 15) is 4.79 Å². The summed E-state index contributed by atoms with van der Waals surface area (Å²) in [5.41, 5.74) is 1.43. The Morgan fingerprint density at radius 2 is 2.28 bits per heavy atom. The van der Waals surface area contributed by atoms with Gasteiger partial charge in [0.05, 0.1) is 18.2 Å². The molecule has 1 fully saturated rings. The van der Waals surface area contributed by atoms with Crippen LogP contribution in [0, 0.1) is 11.3 Å².